The lowest BCUT2D eigenvalue weighted by Gasteiger charge is -2.27. The average Bonchev–Trinajstić information content (AvgIpc) is 2.14. The lowest BCUT2D eigenvalue weighted by molar-refractivity contribution is 0.0713. The van der Waals surface area contributed by atoms with Crippen molar-refractivity contribution in [3.05, 3.63) is 6.42 Å². The van der Waals surface area contributed by atoms with Gasteiger partial charge in [0.2, 0.25) is 0 Å². The van der Waals surface area contributed by atoms with Crippen molar-refractivity contribution in [3.8, 4) is 0 Å². The summed E-state index contributed by atoms with van der Waals surface area (Å²) in [6.07, 6.45) is 4.13. The van der Waals surface area contributed by atoms with E-state index in [0.717, 1.165) is 25.9 Å². The Hall–Kier alpha value is -0.730. The van der Waals surface area contributed by atoms with Crippen molar-refractivity contribution < 1.29 is 9.53 Å². The minimum absolute atomic E-state index is 0.0508. The average molecular weight is 198 g/mol. The molecule has 0 aromatic heterocycles. The van der Waals surface area contributed by atoms with Crippen LogP contribution in [0.2, 0.25) is 0 Å². The molecule has 0 N–H and O–H groups in total. The zero-order valence-electron chi connectivity index (χ0n) is 9.38. The molecule has 0 aliphatic carbocycles. The number of carbonyl (C=O) groups excluding carboxylic acids is 1. The molecule has 1 amide bonds. The van der Waals surface area contributed by atoms with Crippen molar-refractivity contribution in [2.75, 3.05) is 19.7 Å². The van der Waals surface area contributed by atoms with Crippen LogP contribution in [0, 0.1) is 11.8 Å². The van der Waals surface area contributed by atoms with E-state index in [1.54, 1.807) is 4.90 Å². The standard InChI is InChI=1S/C11H20NO2/c1-11(2,3)9-14-10(13)12-7-5-4-6-8-12/h5H,4,6-9H2,1-3H3. The number of amides is 1. The first-order chi connectivity index (χ1) is 6.49. The highest BCUT2D eigenvalue weighted by Gasteiger charge is 2.20. The zero-order valence-corrected chi connectivity index (χ0v) is 9.38. The molecule has 0 atom stereocenters. The minimum atomic E-state index is -0.170. The highest BCUT2D eigenvalue weighted by Crippen LogP contribution is 2.15. The molecular weight excluding hydrogens is 178 g/mol. The van der Waals surface area contributed by atoms with Gasteiger partial charge in [0.15, 0.2) is 0 Å². The second-order valence-corrected chi connectivity index (χ2v) is 4.99. The molecule has 0 saturated carbocycles. The van der Waals surface area contributed by atoms with Crippen molar-refractivity contribution in [1.29, 1.82) is 0 Å². The molecule has 3 nitrogen and oxygen atoms in total. The largest absolute Gasteiger partial charge is 0.449 e. The number of hydrogen-bond donors (Lipinski definition) is 0. The molecule has 0 aromatic carbocycles. The third kappa shape index (κ3) is 3.99. The van der Waals surface area contributed by atoms with Gasteiger partial charge >= 0.3 is 6.09 Å². The smallest absolute Gasteiger partial charge is 0.409 e. The molecule has 1 rings (SSSR count). The molecule has 3 heteroatoms. The van der Waals surface area contributed by atoms with Crippen LogP contribution in [-0.4, -0.2) is 30.7 Å². The molecule has 0 unspecified atom stereocenters. The van der Waals surface area contributed by atoms with E-state index in [1.807, 2.05) is 0 Å². The lowest BCUT2D eigenvalue weighted by Crippen LogP contribution is -2.37. The summed E-state index contributed by atoms with van der Waals surface area (Å²) in [5, 5.41) is 0. The first-order valence-corrected chi connectivity index (χ1v) is 5.22. The number of ether oxygens (including phenoxy) is 1. The second-order valence-electron chi connectivity index (χ2n) is 4.99. The third-order valence-electron chi connectivity index (χ3n) is 2.07. The molecule has 1 aliphatic rings. The predicted molar refractivity (Wildman–Crippen MR) is 55.9 cm³/mol. The Morgan fingerprint density at radius 2 is 2.21 bits per heavy atom. The van der Waals surface area contributed by atoms with E-state index in [-0.39, 0.29) is 11.5 Å². The van der Waals surface area contributed by atoms with Crippen LogP contribution in [0.3, 0.4) is 0 Å². The van der Waals surface area contributed by atoms with E-state index in [0.29, 0.717) is 6.61 Å². The summed E-state index contributed by atoms with van der Waals surface area (Å²) in [6, 6.07) is 0. The summed E-state index contributed by atoms with van der Waals surface area (Å²) in [7, 11) is 0. The molecule has 1 fully saturated rings. The number of piperidine rings is 1. The Kier molecular flexibility index (Phi) is 3.78. The quantitative estimate of drug-likeness (QED) is 0.647. The molecule has 81 valence electrons. The Balaban J connectivity index is 2.27. The number of rotatable bonds is 1. The fourth-order valence-corrected chi connectivity index (χ4v) is 1.30. The van der Waals surface area contributed by atoms with Crippen LogP contribution in [0.5, 0.6) is 0 Å². The summed E-state index contributed by atoms with van der Waals surface area (Å²) in [5.41, 5.74) is 0.0508. The molecule has 14 heavy (non-hydrogen) atoms. The van der Waals surface area contributed by atoms with E-state index in [1.165, 1.54) is 0 Å². The summed E-state index contributed by atoms with van der Waals surface area (Å²) >= 11 is 0. The Bertz CT molecular complexity index is 190. The summed E-state index contributed by atoms with van der Waals surface area (Å²) < 4.78 is 5.21. The highest BCUT2D eigenvalue weighted by molar-refractivity contribution is 5.67. The van der Waals surface area contributed by atoms with Gasteiger partial charge in [-0.2, -0.15) is 0 Å². The van der Waals surface area contributed by atoms with Gasteiger partial charge in [0, 0.05) is 13.1 Å². The maximum absolute atomic E-state index is 11.5. The molecule has 1 radical (unpaired) electrons. The molecular formula is C11H20NO2. The van der Waals surface area contributed by atoms with Crippen LogP contribution in [0.1, 0.15) is 33.6 Å². The fraction of sp³-hybridized carbons (Fsp3) is 0.818. The number of likely N-dealkylation sites (tertiary alicyclic amines) is 1. The van der Waals surface area contributed by atoms with Crippen molar-refractivity contribution in [3.63, 3.8) is 0 Å². The maximum Gasteiger partial charge on any atom is 0.409 e. The Labute approximate surface area is 86.4 Å². The van der Waals surface area contributed by atoms with Gasteiger partial charge in [0.1, 0.15) is 0 Å². The van der Waals surface area contributed by atoms with Gasteiger partial charge < -0.3 is 9.64 Å². The molecule has 0 bridgehead atoms. The normalized spacial score (nSPS) is 18.1. The van der Waals surface area contributed by atoms with Crippen LogP contribution in [0.25, 0.3) is 0 Å². The lowest BCUT2D eigenvalue weighted by atomic mass is 9.99. The number of nitrogens with zero attached hydrogens (tertiary/aromatic N) is 1. The van der Waals surface area contributed by atoms with Crippen LogP contribution >= 0.6 is 0 Å². The minimum Gasteiger partial charge on any atom is -0.449 e. The maximum atomic E-state index is 11.5. The number of hydrogen-bond acceptors (Lipinski definition) is 2. The summed E-state index contributed by atoms with van der Waals surface area (Å²) in [6.45, 7) is 8.23. The van der Waals surface area contributed by atoms with Gasteiger partial charge in [-0.25, -0.2) is 4.79 Å². The van der Waals surface area contributed by atoms with E-state index < -0.39 is 0 Å². The van der Waals surface area contributed by atoms with Crippen molar-refractivity contribution in [2.45, 2.75) is 33.6 Å². The molecule has 1 heterocycles. The number of carbonyl (C=O) groups is 1. The van der Waals surface area contributed by atoms with Gasteiger partial charge in [-0.3, -0.25) is 0 Å². The van der Waals surface area contributed by atoms with Gasteiger partial charge in [-0.1, -0.05) is 20.8 Å². The predicted octanol–water partition coefficient (Wildman–Crippen LogP) is 2.47. The first-order valence-electron chi connectivity index (χ1n) is 5.22. The summed E-state index contributed by atoms with van der Waals surface area (Å²) in [5.74, 6) is 0. The van der Waals surface area contributed by atoms with E-state index >= 15 is 0 Å². The van der Waals surface area contributed by atoms with Crippen molar-refractivity contribution in [2.24, 2.45) is 5.41 Å². The summed E-state index contributed by atoms with van der Waals surface area (Å²) in [4.78, 5) is 13.3. The first kappa shape index (κ1) is 11.3. The molecule has 0 spiro atoms. The fourth-order valence-electron chi connectivity index (χ4n) is 1.30. The zero-order chi connectivity index (χ0) is 10.6. The molecule has 1 saturated heterocycles. The molecule has 0 aromatic rings. The second kappa shape index (κ2) is 4.67. The van der Waals surface area contributed by atoms with Crippen molar-refractivity contribution >= 4 is 6.09 Å². The molecule has 1 aliphatic heterocycles. The third-order valence-corrected chi connectivity index (χ3v) is 2.07. The topological polar surface area (TPSA) is 29.5 Å². The SMILES string of the molecule is CC(C)(C)COC(=O)N1C[CH]CCC1. The van der Waals surface area contributed by atoms with Gasteiger partial charge in [-0.05, 0) is 24.7 Å². The van der Waals surface area contributed by atoms with Gasteiger partial charge in [0.05, 0.1) is 6.61 Å². The monoisotopic (exact) mass is 198 g/mol. The van der Waals surface area contributed by atoms with E-state index in [4.69, 9.17) is 4.74 Å². The van der Waals surface area contributed by atoms with Gasteiger partial charge in [-0.15, -0.1) is 0 Å². The van der Waals surface area contributed by atoms with Crippen LogP contribution in [0.4, 0.5) is 4.79 Å². The van der Waals surface area contributed by atoms with Crippen LogP contribution < -0.4 is 0 Å². The Morgan fingerprint density at radius 3 is 2.71 bits per heavy atom. The van der Waals surface area contributed by atoms with Crippen LogP contribution in [0.15, 0.2) is 0 Å². The highest BCUT2D eigenvalue weighted by atomic mass is 16.6. The van der Waals surface area contributed by atoms with E-state index in [2.05, 4.69) is 27.2 Å². The van der Waals surface area contributed by atoms with E-state index in [9.17, 15) is 4.79 Å². The Morgan fingerprint density at radius 1 is 1.50 bits per heavy atom. The van der Waals surface area contributed by atoms with Gasteiger partial charge in [0.25, 0.3) is 0 Å². The van der Waals surface area contributed by atoms with Crippen molar-refractivity contribution in [1.82, 2.24) is 4.90 Å². The van der Waals surface area contributed by atoms with Crippen LogP contribution in [-0.2, 0) is 4.74 Å².